The quantitative estimate of drug-likeness (QED) is 0.592. The highest BCUT2D eigenvalue weighted by Gasteiger charge is 2.58. The summed E-state index contributed by atoms with van der Waals surface area (Å²) in [6.45, 7) is 18.5. The molecule has 0 aromatic carbocycles. The Bertz CT molecular complexity index is 484. The zero-order valence-corrected chi connectivity index (χ0v) is 14.9. The Balaban J connectivity index is 2.08. The molecule has 1 aliphatic carbocycles. The summed E-state index contributed by atoms with van der Waals surface area (Å²) in [5.41, 5.74) is 0.547. The fourth-order valence-corrected chi connectivity index (χ4v) is 3.98. The van der Waals surface area contributed by atoms with E-state index < -0.39 is 5.60 Å². The first-order chi connectivity index (χ1) is 10.0. The lowest BCUT2D eigenvalue weighted by Crippen LogP contribution is -2.38. The van der Waals surface area contributed by atoms with Crippen LogP contribution in [0, 0.1) is 17.3 Å². The summed E-state index contributed by atoms with van der Waals surface area (Å²) >= 11 is 0. The lowest BCUT2D eigenvalue weighted by atomic mass is 9.60. The minimum absolute atomic E-state index is 0.0854. The van der Waals surface area contributed by atoms with Crippen LogP contribution in [0.15, 0.2) is 37.0 Å². The van der Waals surface area contributed by atoms with Crippen LogP contribution < -0.4 is 0 Å². The van der Waals surface area contributed by atoms with Gasteiger partial charge in [0.25, 0.3) is 0 Å². The Morgan fingerprint density at radius 2 is 2.00 bits per heavy atom. The summed E-state index contributed by atoms with van der Waals surface area (Å²) in [5, 5.41) is 9.83. The van der Waals surface area contributed by atoms with E-state index in [1.54, 1.807) is 13.8 Å². The number of aliphatic hydroxyl groups is 1. The van der Waals surface area contributed by atoms with Gasteiger partial charge in [0.1, 0.15) is 6.10 Å². The van der Waals surface area contributed by atoms with E-state index in [1.807, 2.05) is 12.2 Å². The third-order valence-electron chi connectivity index (χ3n) is 5.79. The first-order valence-electron chi connectivity index (χ1n) is 8.40. The van der Waals surface area contributed by atoms with Crippen LogP contribution >= 0.6 is 0 Å². The number of rotatable bonds is 5. The van der Waals surface area contributed by atoms with E-state index in [-0.39, 0.29) is 17.1 Å². The van der Waals surface area contributed by atoms with Gasteiger partial charge in [-0.1, -0.05) is 37.3 Å². The molecule has 1 saturated heterocycles. The van der Waals surface area contributed by atoms with Crippen LogP contribution in [-0.2, 0) is 4.74 Å². The molecule has 0 aromatic rings. The summed E-state index contributed by atoms with van der Waals surface area (Å²) in [6, 6.07) is 0. The second-order valence-electron chi connectivity index (χ2n) is 8.32. The van der Waals surface area contributed by atoms with E-state index in [0.29, 0.717) is 11.8 Å². The van der Waals surface area contributed by atoms with Gasteiger partial charge >= 0.3 is 0 Å². The number of ether oxygens (including phenoxy) is 1. The average molecular weight is 304 g/mol. The summed E-state index contributed by atoms with van der Waals surface area (Å²) in [7, 11) is 0. The number of allylic oxidation sites excluding steroid dienone is 2. The molecule has 2 fully saturated rings. The van der Waals surface area contributed by atoms with Crippen molar-refractivity contribution in [3.8, 4) is 0 Å². The van der Waals surface area contributed by atoms with Crippen molar-refractivity contribution in [2.24, 2.45) is 17.3 Å². The van der Waals surface area contributed by atoms with Crippen molar-refractivity contribution in [3.63, 3.8) is 0 Å². The van der Waals surface area contributed by atoms with E-state index in [9.17, 15) is 5.11 Å². The second-order valence-corrected chi connectivity index (χ2v) is 8.32. The summed E-state index contributed by atoms with van der Waals surface area (Å²) in [6.07, 6.45) is 9.52. The van der Waals surface area contributed by atoms with Gasteiger partial charge in [-0.25, -0.2) is 0 Å². The molecule has 1 aliphatic heterocycles. The first kappa shape index (κ1) is 17.5. The Morgan fingerprint density at radius 3 is 2.50 bits per heavy atom. The van der Waals surface area contributed by atoms with E-state index in [2.05, 4.69) is 40.0 Å². The Labute approximate surface area is 136 Å². The Hall–Kier alpha value is -0.860. The molecule has 0 radical (unpaired) electrons. The molecular formula is C20H32O2. The second kappa shape index (κ2) is 5.65. The third-order valence-corrected chi connectivity index (χ3v) is 5.79. The Morgan fingerprint density at radius 1 is 1.36 bits per heavy atom. The van der Waals surface area contributed by atoms with Crippen LogP contribution in [0.3, 0.4) is 0 Å². The van der Waals surface area contributed by atoms with Gasteiger partial charge in [0.05, 0.1) is 11.2 Å². The van der Waals surface area contributed by atoms with Crippen LogP contribution in [0.2, 0.25) is 0 Å². The summed E-state index contributed by atoms with van der Waals surface area (Å²) in [5.74, 6) is 1.02. The SMILES string of the molecule is C=C[C@@]1(C)CC[C@H]([C@]2(C)O[C@@H]2/C=C/C(C)(C)O)C[C@@H]1C(=C)C. The highest BCUT2D eigenvalue weighted by atomic mass is 16.6. The van der Waals surface area contributed by atoms with E-state index >= 15 is 0 Å². The van der Waals surface area contributed by atoms with Gasteiger partial charge in [-0.2, -0.15) is 0 Å². The zero-order chi connectivity index (χ0) is 16.8. The molecular weight excluding hydrogens is 272 g/mol. The fourth-order valence-electron chi connectivity index (χ4n) is 3.98. The van der Waals surface area contributed by atoms with Gasteiger partial charge in [0.2, 0.25) is 0 Å². The van der Waals surface area contributed by atoms with Crippen LogP contribution in [0.5, 0.6) is 0 Å². The van der Waals surface area contributed by atoms with Crippen molar-refractivity contribution >= 4 is 0 Å². The van der Waals surface area contributed by atoms with Gasteiger partial charge in [-0.15, -0.1) is 6.58 Å². The van der Waals surface area contributed by atoms with Crippen LogP contribution in [0.25, 0.3) is 0 Å². The maximum Gasteiger partial charge on any atom is 0.106 e. The van der Waals surface area contributed by atoms with Crippen molar-refractivity contribution in [2.75, 3.05) is 0 Å². The van der Waals surface area contributed by atoms with E-state index in [0.717, 1.165) is 19.3 Å². The zero-order valence-electron chi connectivity index (χ0n) is 14.9. The summed E-state index contributed by atoms with van der Waals surface area (Å²) in [4.78, 5) is 0. The molecule has 1 saturated carbocycles. The molecule has 0 amide bonds. The monoisotopic (exact) mass is 304 g/mol. The Kier molecular flexibility index (Phi) is 4.49. The predicted molar refractivity (Wildman–Crippen MR) is 92.7 cm³/mol. The predicted octanol–water partition coefficient (Wildman–Crippen LogP) is 4.66. The minimum Gasteiger partial charge on any atom is -0.386 e. The average Bonchev–Trinajstić information content (AvgIpc) is 3.08. The smallest absolute Gasteiger partial charge is 0.106 e. The molecule has 0 spiro atoms. The van der Waals surface area contributed by atoms with Crippen molar-refractivity contribution in [2.45, 2.75) is 71.2 Å². The lowest BCUT2D eigenvalue weighted by molar-refractivity contribution is 0.0995. The van der Waals surface area contributed by atoms with Gasteiger partial charge in [-0.3, -0.25) is 0 Å². The van der Waals surface area contributed by atoms with E-state index in [1.165, 1.54) is 5.57 Å². The molecule has 0 unspecified atom stereocenters. The van der Waals surface area contributed by atoms with Crippen LogP contribution in [0.4, 0.5) is 0 Å². The van der Waals surface area contributed by atoms with Crippen molar-refractivity contribution in [3.05, 3.63) is 37.0 Å². The van der Waals surface area contributed by atoms with Gasteiger partial charge in [0.15, 0.2) is 0 Å². The molecule has 2 heteroatoms. The topological polar surface area (TPSA) is 32.8 Å². The fraction of sp³-hybridized carbons (Fsp3) is 0.700. The molecule has 5 atom stereocenters. The highest BCUT2D eigenvalue weighted by Crippen LogP contribution is 2.55. The molecule has 22 heavy (non-hydrogen) atoms. The highest BCUT2D eigenvalue weighted by molar-refractivity contribution is 5.20. The van der Waals surface area contributed by atoms with Crippen molar-refractivity contribution in [1.82, 2.24) is 0 Å². The van der Waals surface area contributed by atoms with Crippen molar-refractivity contribution < 1.29 is 9.84 Å². The molecule has 0 bridgehead atoms. The van der Waals surface area contributed by atoms with E-state index in [4.69, 9.17) is 4.74 Å². The maximum atomic E-state index is 9.83. The van der Waals surface area contributed by atoms with Crippen LogP contribution in [-0.4, -0.2) is 22.4 Å². The van der Waals surface area contributed by atoms with Crippen LogP contribution in [0.1, 0.15) is 53.9 Å². The standard InChI is InChI=1S/C20H32O2/c1-8-19(6)12-9-15(13-16(19)14(2)3)20(7)17(22-20)10-11-18(4,5)21/h8,10-11,15-17,21H,1-2,9,12-13H2,3-7H3/b11-10+/t15-,16+,17+,19-,20-/m0/s1. The minimum atomic E-state index is -0.777. The molecule has 1 N–H and O–H groups in total. The molecule has 1 heterocycles. The molecule has 0 aromatic heterocycles. The normalized spacial score (nSPS) is 42.4. The molecule has 124 valence electrons. The maximum absolute atomic E-state index is 9.83. The first-order valence-corrected chi connectivity index (χ1v) is 8.40. The van der Waals surface area contributed by atoms with Gasteiger partial charge < -0.3 is 9.84 Å². The largest absolute Gasteiger partial charge is 0.386 e. The lowest BCUT2D eigenvalue weighted by Gasteiger charge is -2.44. The molecule has 2 rings (SSSR count). The number of hydrogen-bond donors (Lipinski definition) is 1. The number of hydrogen-bond acceptors (Lipinski definition) is 2. The van der Waals surface area contributed by atoms with Gasteiger partial charge in [-0.05, 0) is 64.2 Å². The summed E-state index contributed by atoms with van der Waals surface area (Å²) < 4.78 is 6.02. The van der Waals surface area contributed by atoms with Gasteiger partial charge in [0, 0.05) is 0 Å². The van der Waals surface area contributed by atoms with Crippen molar-refractivity contribution in [1.29, 1.82) is 0 Å². The number of epoxide rings is 1. The third kappa shape index (κ3) is 3.38. The molecule has 2 aliphatic rings. The molecule has 2 nitrogen and oxygen atoms in total.